The van der Waals surface area contributed by atoms with Gasteiger partial charge in [0.1, 0.15) is 11.3 Å². The van der Waals surface area contributed by atoms with E-state index in [9.17, 15) is 18.0 Å². The number of oxime groups is 1. The number of halogens is 5. The highest BCUT2D eigenvalue weighted by molar-refractivity contribution is 6.34. The molecule has 32 heavy (non-hydrogen) atoms. The minimum Gasteiger partial charge on any atom is -0.456 e. The number of hydrogen-bond donors (Lipinski definition) is 0. The van der Waals surface area contributed by atoms with Crippen LogP contribution in [0.3, 0.4) is 0 Å². The smallest absolute Gasteiger partial charge is 0.439 e. The number of nitrogens with zero attached hydrogens (tertiary/aromatic N) is 1. The third kappa shape index (κ3) is 4.36. The first-order chi connectivity index (χ1) is 14.7. The van der Waals surface area contributed by atoms with Crippen molar-refractivity contribution < 1.29 is 27.5 Å². The molecular weight excluding hydrogens is 466 g/mol. The van der Waals surface area contributed by atoms with Gasteiger partial charge in [-0.15, -0.1) is 0 Å². The summed E-state index contributed by atoms with van der Waals surface area (Å²) in [7, 11) is 0. The second-order valence-electron chi connectivity index (χ2n) is 8.38. The van der Waals surface area contributed by atoms with E-state index in [4.69, 9.17) is 32.8 Å². The lowest BCUT2D eigenvalue weighted by Gasteiger charge is -2.31. The number of alkyl halides is 3. The normalized spacial score (nSPS) is 18.9. The summed E-state index contributed by atoms with van der Waals surface area (Å²) in [6.45, 7) is 10.5. The second kappa shape index (κ2) is 8.12. The molecule has 2 aromatic carbocycles. The summed E-state index contributed by atoms with van der Waals surface area (Å²) in [6.07, 6.45) is -4.91. The van der Waals surface area contributed by atoms with Gasteiger partial charge in [0.15, 0.2) is 0 Å². The van der Waals surface area contributed by atoms with Crippen molar-refractivity contribution >= 4 is 34.9 Å². The van der Waals surface area contributed by atoms with Gasteiger partial charge in [-0.05, 0) is 63.6 Å². The SMILES string of the molecule is C=C1C(c2ccc(C(=O)OC(C)(C)C)c(C)c2)=NOC1(c1cc(Cl)cc(Cl)c1)C(F)(F)F. The second-order valence-corrected chi connectivity index (χ2v) is 9.25. The Balaban J connectivity index is 2.02. The van der Waals surface area contributed by atoms with Gasteiger partial charge in [-0.3, -0.25) is 0 Å². The Hall–Kier alpha value is -2.51. The van der Waals surface area contributed by atoms with Crippen molar-refractivity contribution in [3.05, 3.63) is 80.8 Å². The molecule has 0 spiro atoms. The zero-order valence-corrected chi connectivity index (χ0v) is 19.2. The van der Waals surface area contributed by atoms with Crippen molar-refractivity contribution in [1.29, 1.82) is 0 Å². The van der Waals surface area contributed by atoms with Crippen LogP contribution in [-0.2, 0) is 15.2 Å². The Morgan fingerprint density at radius 3 is 2.19 bits per heavy atom. The fourth-order valence-corrected chi connectivity index (χ4v) is 3.89. The lowest BCUT2D eigenvalue weighted by atomic mass is 9.82. The van der Waals surface area contributed by atoms with Crippen molar-refractivity contribution in [3.8, 4) is 0 Å². The molecule has 0 saturated heterocycles. The molecule has 1 aliphatic rings. The molecule has 0 amide bonds. The molecule has 1 atom stereocenters. The fraction of sp³-hybridized carbons (Fsp3) is 0.304. The molecule has 0 N–H and O–H groups in total. The molecule has 2 aromatic rings. The fourth-order valence-electron chi connectivity index (χ4n) is 3.36. The number of hydrogen-bond acceptors (Lipinski definition) is 4. The van der Waals surface area contributed by atoms with Crippen molar-refractivity contribution in [2.45, 2.75) is 45.1 Å². The van der Waals surface area contributed by atoms with Crippen LogP contribution in [0.1, 0.15) is 47.8 Å². The molecule has 1 heterocycles. The maximum absolute atomic E-state index is 14.3. The Morgan fingerprint density at radius 2 is 1.69 bits per heavy atom. The first kappa shape index (κ1) is 24.1. The minimum absolute atomic E-state index is 0.0125. The maximum atomic E-state index is 14.3. The van der Waals surface area contributed by atoms with E-state index >= 15 is 0 Å². The van der Waals surface area contributed by atoms with Gasteiger partial charge < -0.3 is 9.57 Å². The lowest BCUT2D eigenvalue weighted by Crippen LogP contribution is -2.44. The van der Waals surface area contributed by atoms with Gasteiger partial charge in [0, 0.05) is 26.7 Å². The maximum Gasteiger partial charge on any atom is 0.439 e. The molecule has 0 aliphatic carbocycles. The van der Waals surface area contributed by atoms with Crippen molar-refractivity contribution in [1.82, 2.24) is 0 Å². The number of esters is 1. The van der Waals surface area contributed by atoms with E-state index in [2.05, 4.69) is 11.7 Å². The molecule has 0 aromatic heterocycles. The van der Waals surface area contributed by atoms with Gasteiger partial charge in [-0.2, -0.15) is 13.2 Å². The highest BCUT2D eigenvalue weighted by Crippen LogP contribution is 2.52. The van der Waals surface area contributed by atoms with Gasteiger partial charge in [-0.25, -0.2) is 4.79 Å². The Bertz CT molecular complexity index is 1120. The zero-order chi connectivity index (χ0) is 24.1. The molecule has 170 valence electrons. The molecule has 0 radical (unpaired) electrons. The van der Waals surface area contributed by atoms with Gasteiger partial charge in [-0.1, -0.05) is 41.0 Å². The Morgan fingerprint density at radius 1 is 1.09 bits per heavy atom. The first-order valence-electron chi connectivity index (χ1n) is 9.49. The average molecular weight is 486 g/mol. The Kier molecular flexibility index (Phi) is 6.13. The third-order valence-electron chi connectivity index (χ3n) is 4.77. The molecule has 1 unspecified atom stereocenters. The molecule has 0 bridgehead atoms. The van der Waals surface area contributed by atoms with E-state index < -0.39 is 28.9 Å². The number of aryl methyl sites for hydroxylation is 1. The number of carbonyl (C=O) groups is 1. The van der Waals surface area contributed by atoms with Crippen LogP contribution in [0, 0.1) is 6.92 Å². The number of benzene rings is 2. The molecule has 0 saturated carbocycles. The average Bonchev–Trinajstić information content (AvgIpc) is 2.97. The van der Waals surface area contributed by atoms with E-state index in [1.807, 2.05) is 0 Å². The van der Waals surface area contributed by atoms with E-state index in [0.29, 0.717) is 11.1 Å². The highest BCUT2D eigenvalue weighted by Gasteiger charge is 2.65. The van der Waals surface area contributed by atoms with Crippen molar-refractivity contribution in [3.63, 3.8) is 0 Å². The number of carbonyl (C=O) groups excluding carboxylic acids is 1. The summed E-state index contributed by atoms with van der Waals surface area (Å²) in [5.41, 5.74) is -3.41. The van der Waals surface area contributed by atoms with Crippen LogP contribution in [0.15, 0.2) is 53.7 Å². The summed E-state index contributed by atoms with van der Waals surface area (Å²) in [5, 5.41) is 3.74. The van der Waals surface area contributed by atoms with Crippen LogP contribution >= 0.6 is 23.2 Å². The third-order valence-corrected chi connectivity index (χ3v) is 5.21. The van der Waals surface area contributed by atoms with E-state index in [1.54, 1.807) is 27.7 Å². The topological polar surface area (TPSA) is 47.9 Å². The molecule has 3 rings (SSSR count). The summed E-state index contributed by atoms with van der Waals surface area (Å²) in [5.74, 6) is -0.539. The number of ether oxygens (including phenoxy) is 1. The molecular formula is C23H20Cl2F3NO3. The van der Waals surface area contributed by atoms with Gasteiger partial charge >= 0.3 is 12.1 Å². The monoisotopic (exact) mass is 485 g/mol. The van der Waals surface area contributed by atoms with Gasteiger partial charge in [0.2, 0.25) is 0 Å². The lowest BCUT2D eigenvalue weighted by molar-refractivity contribution is -0.261. The van der Waals surface area contributed by atoms with Crippen LogP contribution in [0.2, 0.25) is 10.0 Å². The largest absolute Gasteiger partial charge is 0.456 e. The summed E-state index contributed by atoms with van der Waals surface area (Å²) in [6, 6.07) is 8.01. The van der Waals surface area contributed by atoms with E-state index in [1.165, 1.54) is 24.3 Å². The quantitative estimate of drug-likeness (QED) is 0.439. The van der Waals surface area contributed by atoms with Crippen molar-refractivity contribution in [2.75, 3.05) is 0 Å². The highest BCUT2D eigenvalue weighted by atomic mass is 35.5. The molecule has 0 fully saturated rings. The first-order valence-corrected chi connectivity index (χ1v) is 10.2. The van der Waals surface area contributed by atoms with Crippen LogP contribution in [0.4, 0.5) is 13.2 Å². The van der Waals surface area contributed by atoms with E-state index in [0.717, 1.165) is 12.1 Å². The standard InChI is InChI=1S/C23H20Cl2F3NO3/c1-12-8-14(6-7-18(12)20(30)31-21(3,4)5)19-13(2)22(32-29-19,23(26,27)28)15-9-16(24)11-17(25)10-15/h6-11H,2H2,1,3-5H3. The van der Waals surface area contributed by atoms with Crippen LogP contribution < -0.4 is 0 Å². The predicted molar refractivity (Wildman–Crippen MR) is 117 cm³/mol. The van der Waals surface area contributed by atoms with Gasteiger partial charge in [0.05, 0.1) is 5.56 Å². The summed E-state index contributed by atoms with van der Waals surface area (Å²) < 4.78 is 48.3. The summed E-state index contributed by atoms with van der Waals surface area (Å²) >= 11 is 11.9. The van der Waals surface area contributed by atoms with Crippen molar-refractivity contribution in [2.24, 2.45) is 5.16 Å². The van der Waals surface area contributed by atoms with E-state index in [-0.39, 0.29) is 26.9 Å². The van der Waals surface area contributed by atoms with Crippen LogP contribution in [-0.4, -0.2) is 23.5 Å². The molecule has 1 aliphatic heterocycles. The minimum atomic E-state index is -4.91. The molecule has 9 heteroatoms. The molecule has 4 nitrogen and oxygen atoms in total. The van der Waals surface area contributed by atoms with Gasteiger partial charge in [0.25, 0.3) is 5.60 Å². The van der Waals surface area contributed by atoms with Crippen LogP contribution in [0.25, 0.3) is 0 Å². The summed E-state index contributed by atoms with van der Waals surface area (Å²) in [4.78, 5) is 17.4. The number of rotatable bonds is 3. The van der Waals surface area contributed by atoms with Crippen LogP contribution in [0.5, 0.6) is 0 Å². The predicted octanol–water partition coefficient (Wildman–Crippen LogP) is 7.01. The Labute approximate surface area is 193 Å². The zero-order valence-electron chi connectivity index (χ0n) is 17.7.